The molecule has 0 unspecified atom stereocenters. The average Bonchev–Trinajstić information content (AvgIpc) is 3.55. The minimum absolute atomic E-state index is 0.0476. The lowest BCUT2D eigenvalue weighted by atomic mass is 9.88. The van der Waals surface area contributed by atoms with Crippen molar-refractivity contribution in [3.63, 3.8) is 0 Å². The summed E-state index contributed by atoms with van der Waals surface area (Å²) in [6.07, 6.45) is 5.17. The highest BCUT2D eigenvalue weighted by Gasteiger charge is 2.31. The molecular formula is C32H45N3O4S. The molecule has 0 radical (unpaired) electrons. The monoisotopic (exact) mass is 567 g/mol. The molecule has 0 saturated carbocycles. The Kier molecular flexibility index (Phi) is 9.18. The molecule has 3 aliphatic heterocycles. The number of ether oxygens (including phenoxy) is 2. The Labute approximate surface area is 243 Å². The number of aryl methyl sites for hydroxylation is 1. The van der Waals surface area contributed by atoms with Gasteiger partial charge in [0.05, 0.1) is 10.9 Å². The van der Waals surface area contributed by atoms with Gasteiger partial charge in [0.1, 0.15) is 5.60 Å². The zero-order valence-electron chi connectivity index (χ0n) is 24.5. The maximum atomic E-state index is 13.4. The predicted octanol–water partition coefficient (Wildman–Crippen LogP) is 6.07. The molecule has 3 aliphatic rings. The van der Waals surface area contributed by atoms with E-state index in [0.29, 0.717) is 19.0 Å². The minimum atomic E-state index is -0.539. The molecule has 4 heterocycles. The highest BCUT2D eigenvalue weighted by Crippen LogP contribution is 2.35. The third kappa shape index (κ3) is 7.45. The first kappa shape index (κ1) is 29.1. The Morgan fingerprint density at radius 1 is 1.02 bits per heavy atom. The molecule has 0 spiro atoms. The van der Waals surface area contributed by atoms with Gasteiger partial charge in [-0.05, 0) is 107 Å². The molecule has 3 saturated heterocycles. The van der Waals surface area contributed by atoms with Crippen LogP contribution in [0.2, 0.25) is 0 Å². The Bertz CT molecular complexity index is 1160. The molecule has 1 N–H and O–H groups in total. The number of thiophene rings is 1. The van der Waals surface area contributed by atoms with E-state index in [0.717, 1.165) is 40.9 Å². The number of nitrogens with one attached hydrogen (secondary N) is 1. The molecule has 218 valence electrons. The quantitative estimate of drug-likeness (QED) is 0.459. The summed E-state index contributed by atoms with van der Waals surface area (Å²) in [5, 5.41) is 2.91. The summed E-state index contributed by atoms with van der Waals surface area (Å²) in [5.74, 6) is 1.47. The van der Waals surface area contributed by atoms with Gasteiger partial charge in [0.25, 0.3) is 5.91 Å². The van der Waals surface area contributed by atoms with Crippen LogP contribution in [-0.2, 0) is 9.47 Å². The van der Waals surface area contributed by atoms with Crippen LogP contribution in [-0.4, -0.2) is 79.4 Å². The number of nitrogens with zero attached hydrogens (tertiary/aromatic N) is 2. The molecule has 40 heavy (non-hydrogen) atoms. The highest BCUT2D eigenvalue weighted by molar-refractivity contribution is 7.17. The SMILES string of the molecule is Cc1cc(-c2ccc(C3CCN(CC4CCOCC4)CC3)cc2)sc1C(=O)N1CC[C@H](NC(=O)OC(C)(C)C)C1. The van der Waals surface area contributed by atoms with Crippen molar-refractivity contribution < 1.29 is 19.1 Å². The van der Waals surface area contributed by atoms with Crippen molar-refractivity contribution in [2.75, 3.05) is 45.9 Å². The van der Waals surface area contributed by atoms with E-state index in [9.17, 15) is 9.59 Å². The lowest BCUT2D eigenvalue weighted by molar-refractivity contribution is 0.0487. The van der Waals surface area contributed by atoms with E-state index in [4.69, 9.17) is 9.47 Å². The number of benzene rings is 1. The Balaban J connectivity index is 1.14. The lowest BCUT2D eigenvalue weighted by Crippen LogP contribution is -2.41. The molecule has 1 atom stereocenters. The van der Waals surface area contributed by atoms with E-state index in [1.807, 2.05) is 32.6 Å². The summed E-state index contributed by atoms with van der Waals surface area (Å²) < 4.78 is 10.9. The van der Waals surface area contributed by atoms with E-state index in [-0.39, 0.29) is 11.9 Å². The zero-order chi connectivity index (χ0) is 28.3. The van der Waals surface area contributed by atoms with E-state index in [1.54, 1.807) is 11.3 Å². The summed E-state index contributed by atoms with van der Waals surface area (Å²) >= 11 is 1.57. The second kappa shape index (κ2) is 12.6. The summed E-state index contributed by atoms with van der Waals surface area (Å²) in [5.41, 5.74) is 3.07. The van der Waals surface area contributed by atoms with Gasteiger partial charge < -0.3 is 24.6 Å². The first-order chi connectivity index (χ1) is 19.1. The van der Waals surface area contributed by atoms with E-state index < -0.39 is 11.7 Å². The molecule has 3 fully saturated rings. The van der Waals surface area contributed by atoms with Crippen molar-refractivity contribution in [2.24, 2.45) is 5.92 Å². The second-order valence-corrected chi connectivity index (χ2v) is 13.8. The van der Waals surface area contributed by atoms with Gasteiger partial charge in [-0.15, -0.1) is 11.3 Å². The molecule has 2 amide bonds. The van der Waals surface area contributed by atoms with Crippen molar-refractivity contribution in [1.29, 1.82) is 0 Å². The predicted molar refractivity (Wildman–Crippen MR) is 160 cm³/mol. The maximum Gasteiger partial charge on any atom is 0.407 e. The molecule has 1 aromatic carbocycles. The third-order valence-electron chi connectivity index (χ3n) is 8.42. The number of likely N-dealkylation sites (tertiary alicyclic amines) is 2. The number of alkyl carbamates (subject to hydrolysis) is 1. The molecule has 0 bridgehead atoms. The largest absolute Gasteiger partial charge is 0.444 e. The molecule has 2 aromatic rings. The van der Waals surface area contributed by atoms with Gasteiger partial charge in [-0.2, -0.15) is 0 Å². The summed E-state index contributed by atoms with van der Waals surface area (Å²) in [7, 11) is 0. The van der Waals surface area contributed by atoms with E-state index in [1.165, 1.54) is 56.4 Å². The van der Waals surface area contributed by atoms with Gasteiger partial charge in [0.2, 0.25) is 0 Å². The standard InChI is InChI=1S/C32H45N3O4S/c1-22-19-28(40-29(22)30(36)35-16-11-27(21-35)33-31(37)39-32(2,3)4)26-7-5-24(6-8-26)25-9-14-34(15-10-25)20-23-12-17-38-18-13-23/h5-8,19,23,25,27H,9-18,20-21H2,1-4H3,(H,33,37)/t27-/m0/s1. The van der Waals surface area contributed by atoms with Crippen molar-refractivity contribution in [1.82, 2.24) is 15.1 Å². The molecule has 1 aromatic heterocycles. The number of piperidine rings is 1. The van der Waals surface area contributed by atoms with Crippen molar-refractivity contribution in [2.45, 2.75) is 77.4 Å². The van der Waals surface area contributed by atoms with Crippen LogP contribution in [0.15, 0.2) is 30.3 Å². The van der Waals surface area contributed by atoms with Crippen LogP contribution in [0.5, 0.6) is 0 Å². The van der Waals surface area contributed by atoms with Crippen LogP contribution in [0.3, 0.4) is 0 Å². The van der Waals surface area contributed by atoms with Gasteiger partial charge >= 0.3 is 6.09 Å². The molecule has 0 aliphatic carbocycles. The summed E-state index contributed by atoms with van der Waals surface area (Å²) in [4.78, 5) is 31.9. The van der Waals surface area contributed by atoms with Crippen LogP contribution < -0.4 is 5.32 Å². The van der Waals surface area contributed by atoms with Gasteiger partial charge in [0.15, 0.2) is 0 Å². The lowest BCUT2D eigenvalue weighted by Gasteiger charge is -2.35. The van der Waals surface area contributed by atoms with Crippen LogP contribution in [0, 0.1) is 12.8 Å². The first-order valence-corrected chi connectivity index (χ1v) is 15.8. The number of amides is 2. The van der Waals surface area contributed by atoms with Gasteiger partial charge in [0, 0.05) is 37.7 Å². The normalized spacial score (nSPS) is 21.5. The summed E-state index contributed by atoms with van der Waals surface area (Å²) in [6.45, 7) is 14.2. The fraction of sp³-hybridized carbons (Fsp3) is 0.625. The number of hydrogen-bond acceptors (Lipinski definition) is 6. The first-order valence-electron chi connectivity index (χ1n) is 14.9. The molecular weight excluding hydrogens is 522 g/mol. The maximum absolute atomic E-state index is 13.4. The molecule has 5 rings (SSSR count). The average molecular weight is 568 g/mol. The van der Waals surface area contributed by atoms with Crippen molar-refractivity contribution in [3.8, 4) is 10.4 Å². The van der Waals surface area contributed by atoms with E-state index >= 15 is 0 Å². The van der Waals surface area contributed by atoms with Crippen molar-refractivity contribution in [3.05, 3.63) is 46.3 Å². The van der Waals surface area contributed by atoms with Gasteiger partial charge in [-0.3, -0.25) is 4.79 Å². The van der Waals surface area contributed by atoms with Crippen LogP contribution in [0.25, 0.3) is 10.4 Å². The fourth-order valence-electron chi connectivity index (χ4n) is 6.18. The number of carbonyl (C=O) groups excluding carboxylic acids is 2. The number of rotatable bonds is 6. The Hall–Kier alpha value is -2.42. The smallest absolute Gasteiger partial charge is 0.407 e. The molecule has 7 nitrogen and oxygen atoms in total. The van der Waals surface area contributed by atoms with Crippen LogP contribution in [0.1, 0.15) is 79.6 Å². The molecule has 8 heteroatoms. The third-order valence-corrected chi connectivity index (χ3v) is 9.69. The van der Waals surface area contributed by atoms with Crippen molar-refractivity contribution >= 4 is 23.3 Å². The van der Waals surface area contributed by atoms with Crippen LogP contribution >= 0.6 is 11.3 Å². The van der Waals surface area contributed by atoms with Gasteiger partial charge in [-0.25, -0.2) is 4.79 Å². The fourth-order valence-corrected chi connectivity index (χ4v) is 7.33. The highest BCUT2D eigenvalue weighted by atomic mass is 32.1. The van der Waals surface area contributed by atoms with Crippen LogP contribution in [0.4, 0.5) is 4.79 Å². The second-order valence-electron chi connectivity index (χ2n) is 12.8. The number of hydrogen-bond donors (Lipinski definition) is 1. The topological polar surface area (TPSA) is 71.1 Å². The summed E-state index contributed by atoms with van der Waals surface area (Å²) in [6, 6.07) is 11.1. The van der Waals surface area contributed by atoms with E-state index in [2.05, 4.69) is 40.5 Å². The Morgan fingerprint density at radius 3 is 2.40 bits per heavy atom. The number of carbonyl (C=O) groups is 2. The zero-order valence-corrected chi connectivity index (χ0v) is 25.4. The Morgan fingerprint density at radius 2 is 1.73 bits per heavy atom. The minimum Gasteiger partial charge on any atom is -0.444 e. The van der Waals surface area contributed by atoms with Gasteiger partial charge in [-0.1, -0.05) is 24.3 Å².